The number of nitrogens with two attached hydrogens (primary N) is 1. The van der Waals surface area contributed by atoms with Gasteiger partial charge in [0.1, 0.15) is 0 Å². The molecule has 1 aliphatic rings. The molecule has 0 radical (unpaired) electrons. The number of hydrogen-bond acceptors (Lipinski definition) is 7. The summed E-state index contributed by atoms with van der Waals surface area (Å²) in [6.07, 6.45) is 0.587. The molecule has 10 heteroatoms. The van der Waals surface area contributed by atoms with Crippen LogP contribution in [0, 0.1) is 11.3 Å². The fraction of sp³-hybridized carbons (Fsp3) is 0.125. The largest absolute Gasteiger partial charge is 0.378 e. The Morgan fingerprint density at radius 1 is 1.27 bits per heavy atom. The fourth-order valence-corrected chi connectivity index (χ4v) is 3.96. The lowest BCUT2D eigenvalue weighted by Crippen LogP contribution is -2.16. The normalized spacial score (nSPS) is 15.9. The predicted octanol–water partition coefficient (Wildman–Crippen LogP) is 1.10. The first-order valence-corrected chi connectivity index (χ1v) is 9.21. The minimum atomic E-state index is -3.98. The average Bonchev–Trinajstić information content (AvgIpc) is 3.29. The minimum absolute atomic E-state index is 0.0631. The van der Waals surface area contributed by atoms with Crippen molar-refractivity contribution in [3.05, 3.63) is 53.1 Å². The SMILES string of the molecule is N#Cc1ccc2c(c1)CC(c1cccc(S(N)(=O)=O)c1-c1nn[nH]n1)N2. The van der Waals surface area contributed by atoms with Gasteiger partial charge in [0.2, 0.25) is 15.8 Å². The molecule has 1 unspecified atom stereocenters. The van der Waals surface area contributed by atoms with Gasteiger partial charge in [0, 0.05) is 11.3 Å². The zero-order chi connectivity index (χ0) is 18.3. The van der Waals surface area contributed by atoms with Crippen LogP contribution in [0.4, 0.5) is 5.69 Å². The fourth-order valence-electron chi connectivity index (χ4n) is 3.20. The monoisotopic (exact) mass is 367 g/mol. The van der Waals surface area contributed by atoms with E-state index >= 15 is 0 Å². The molecule has 26 heavy (non-hydrogen) atoms. The molecule has 0 spiro atoms. The predicted molar refractivity (Wildman–Crippen MR) is 92.2 cm³/mol. The Bertz CT molecular complexity index is 1130. The number of anilines is 1. The van der Waals surface area contributed by atoms with Crippen LogP contribution in [0.1, 0.15) is 22.7 Å². The van der Waals surface area contributed by atoms with Crippen molar-refractivity contribution in [1.29, 1.82) is 5.26 Å². The number of tetrazole rings is 1. The molecule has 4 N–H and O–H groups in total. The molecule has 0 aliphatic carbocycles. The van der Waals surface area contributed by atoms with E-state index in [-0.39, 0.29) is 16.8 Å². The molecule has 3 aromatic rings. The first-order valence-electron chi connectivity index (χ1n) is 7.66. The summed E-state index contributed by atoms with van der Waals surface area (Å²) in [7, 11) is -3.98. The molecule has 4 rings (SSSR count). The zero-order valence-electron chi connectivity index (χ0n) is 13.3. The smallest absolute Gasteiger partial charge is 0.238 e. The summed E-state index contributed by atoms with van der Waals surface area (Å²) >= 11 is 0. The van der Waals surface area contributed by atoms with Crippen LogP contribution in [0.3, 0.4) is 0 Å². The van der Waals surface area contributed by atoms with Gasteiger partial charge >= 0.3 is 0 Å². The van der Waals surface area contributed by atoms with E-state index in [1.807, 2.05) is 12.1 Å². The number of rotatable bonds is 3. The van der Waals surface area contributed by atoms with E-state index in [0.29, 0.717) is 23.1 Å². The highest BCUT2D eigenvalue weighted by atomic mass is 32.2. The molecule has 2 heterocycles. The van der Waals surface area contributed by atoms with Crippen LogP contribution in [0.2, 0.25) is 0 Å². The molecule has 0 bridgehead atoms. The summed E-state index contributed by atoms with van der Waals surface area (Å²) < 4.78 is 24.1. The maximum absolute atomic E-state index is 12.1. The minimum Gasteiger partial charge on any atom is -0.378 e. The van der Waals surface area contributed by atoms with Crippen LogP contribution in [-0.4, -0.2) is 29.0 Å². The van der Waals surface area contributed by atoms with Crippen molar-refractivity contribution in [3.63, 3.8) is 0 Å². The van der Waals surface area contributed by atoms with Crippen LogP contribution in [-0.2, 0) is 16.4 Å². The molecule has 1 aromatic heterocycles. The van der Waals surface area contributed by atoms with E-state index < -0.39 is 10.0 Å². The zero-order valence-corrected chi connectivity index (χ0v) is 14.2. The number of H-pyrrole nitrogens is 1. The molecular formula is C16H13N7O2S. The van der Waals surface area contributed by atoms with Gasteiger partial charge in [-0.3, -0.25) is 0 Å². The highest BCUT2D eigenvalue weighted by Gasteiger charge is 2.29. The van der Waals surface area contributed by atoms with Crippen molar-refractivity contribution in [2.75, 3.05) is 5.32 Å². The highest BCUT2D eigenvalue weighted by Crippen LogP contribution is 2.39. The molecule has 0 saturated heterocycles. The van der Waals surface area contributed by atoms with Crippen molar-refractivity contribution >= 4 is 15.7 Å². The van der Waals surface area contributed by atoms with Crippen molar-refractivity contribution in [2.45, 2.75) is 17.4 Å². The maximum atomic E-state index is 12.1. The number of hydrogen-bond donors (Lipinski definition) is 3. The van der Waals surface area contributed by atoms with E-state index in [2.05, 4.69) is 32.0 Å². The van der Waals surface area contributed by atoms with Gasteiger partial charge in [-0.1, -0.05) is 12.1 Å². The molecular weight excluding hydrogens is 354 g/mol. The average molecular weight is 367 g/mol. The Morgan fingerprint density at radius 3 is 2.81 bits per heavy atom. The number of nitrogens with one attached hydrogen (secondary N) is 2. The third-order valence-corrected chi connectivity index (χ3v) is 5.25. The second-order valence-corrected chi connectivity index (χ2v) is 7.42. The number of benzene rings is 2. The summed E-state index contributed by atoms with van der Waals surface area (Å²) in [5.74, 6) is 0.153. The summed E-state index contributed by atoms with van der Waals surface area (Å²) in [6.45, 7) is 0. The van der Waals surface area contributed by atoms with Gasteiger partial charge in [0.05, 0.1) is 22.6 Å². The number of nitrogens with zero attached hydrogens (tertiary/aromatic N) is 4. The van der Waals surface area contributed by atoms with Gasteiger partial charge in [0.25, 0.3) is 0 Å². The molecule has 1 aliphatic heterocycles. The topological polar surface area (TPSA) is 150 Å². The summed E-state index contributed by atoms with van der Waals surface area (Å²) in [5.41, 5.74) is 3.45. The summed E-state index contributed by atoms with van der Waals surface area (Å²) in [6, 6.07) is 12.1. The molecule has 0 fully saturated rings. The Morgan fingerprint density at radius 2 is 2.12 bits per heavy atom. The second kappa shape index (κ2) is 5.91. The van der Waals surface area contributed by atoms with Gasteiger partial charge in [-0.2, -0.15) is 10.5 Å². The van der Waals surface area contributed by atoms with Gasteiger partial charge in [0.15, 0.2) is 0 Å². The Balaban J connectivity index is 1.85. The standard InChI is InChI=1S/C16H13N7O2S/c17-8-9-4-5-12-10(6-9)7-13(19-12)11-2-1-3-14(26(18,24)25)15(11)16-20-22-23-21-16/h1-6,13,19H,7H2,(H2,18,24,25)(H,20,21,22,23). The second-order valence-electron chi connectivity index (χ2n) is 5.89. The van der Waals surface area contributed by atoms with Gasteiger partial charge in [-0.05, 0) is 47.0 Å². The molecule has 130 valence electrons. The van der Waals surface area contributed by atoms with Gasteiger partial charge in [-0.15, -0.1) is 10.2 Å². The summed E-state index contributed by atoms with van der Waals surface area (Å²) in [5, 5.41) is 31.5. The quantitative estimate of drug-likeness (QED) is 0.627. The van der Waals surface area contributed by atoms with Gasteiger partial charge in [-0.25, -0.2) is 13.6 Å². The van der Waals surface area contributed by atoms with Crippen molar-refractivity contribution in [2.24, 2.45) is 5.14 Å². The first-order chi connectivity index (χ1) is 12.5. The number of primary sulfonamides is 1. The van der Waals surface area contributed by atoms with E-state index in [9.17, 15) is 8.42 Å². The number of sulfonamides is 1. The summed E-state index contributed by atoms with van der Waals surface area (Å²) in [4.78, 5) is -0.0631. The van der Waals surface area contributed by atoms with Crippen molar-refractivity contribution < 1.29 is 8.42 Å². The van der Waals surface area contributed by atoms with Crippen LogP contribution in [0.25, 0.3) is 11.4 Å². The van der Waals surface area contributed by atoms with E-state index in [0.717, 1.165) is 11.3 Å². The lowest BCUT2D eigenvalue weighted by molar-refractivity contribution is 0.597. The lowest BCUT2D eigenvalue weighted by Gasteiger charge is -2.17. The van der Waals surface area contributed by atoms with Crippen molar-refractivity contribution in [3.8, 4) is 17.5 Å². The lowest BCUT2D eigenvalue weighted by atomic mass is 9.97. The van der Waals surface area contributed by atoms with E-state index in [1.54, 1.807) is 18.2 Å². The Hall–Kier alpha value is -3.29. The third kappa shape index (κ3) is 2.69. The maximum Gasteiger partial charge on any atom is 0.238 e. The number of fused-ring (bicyclic) bond motifs is 1. The molecule has 1 atom stereocenters. The van der Waals surface area contributed by atoms with Crippen LogP contribution in [0.5, 0.6) is 0 Å². The highest BCUT2D eigenvalue weighted by molar-refractivity contribution is 7.89. The van der Waals surface area contributed by atoms with Crippen LogP contribution >= 0.6 is 0 Å². The van der Waals surface area contributed by atoms with E-state index in [4.69, 9.17) is 10.4 Å². The molecule has 2 aromatic carbocycles. The van der Waals surface area contributed by atoms with Gasteiger partial charge < -0.3 is 5.32 Å². The van der Waals surface area contributed by atoms with E-state index in [1.165, 1.54) is 6.07 Å². The van der Waals surface area contributed by atoms with Crippen molar-refractivity contribution in [1.82, 2.24) is 20.6 Å². The molecule has 0 amide bonds. The molecule has 9 nitrogen and oxygen atoms in total. The first kappa shape index (κ1) is 16.2. The van der Waals surface area contributed by atoms with Crippen LogP contribution < -0.4 is 10.5 Å². The number of aromatic amines is 1. The number of nitriles is 1. The Kier molecular flexibility index (Phi) is 3.68. The third-order valence-electron chi connectivity index (χ3n) is 4.30. The molecule has 0 saturated carbocycles. The number of aromatic nitrogens is 4. The Labute approximate surface area is 148 Å². The van der Waals surface area contributed by atoms with Crippen LogP contribution in [0.15, 0.2) is 41.3 Å².